The SMILES string of the molecule is O=C1CCCCC[C@H]2[C@@H]3CCCCCC(=O)[C@H]3[C@H]12. The van der Waals surface area contributed by atoms with Crippen molar-refractivity contribution in [2.24, 2.45) is 23.7 Å². The summed E-state index contributed by atoms with van der Waals surface area (Å²) >= 11 is 0. The van der Waals surface area contributed by atoms with E-state index in [1.54, 1.807) is 0 Å². The van der Waals surface area contributed by atoms with E-state index in [4.69, 9.17) is 0 Å². The van der Waals surface area contributed by atoms with Gasteiger partial charge < -0.3 is 0 Å². The molecule has 0 amide bonds. The number of hydrogen-bond acceptors (Lipinski definition) is 2. The molecule has 0 N–H and O–H groups in total. The van der Waals surface area contributed by atoms with E-state index in [9.17, 15) is 9.59 Å². The zero-order valence-electron chi connectivity index (χ0n) is 11.2. The highest BCUT2D eigenvalue weighted by Gasteiger charge is 2.55. The van der Waals surface area contributed by atoms with Crippen LogP contribution in [-0.2, 0) is 9.59 Å². The van der Waals surface area contributed by atoms with E-state index in [0.717, 1.165) is 25.7 Å². The maximum absolute atomic E-state index is 12.3. The van der Waals surface area contributed by atoms with Crippen LogP contribution < -0.4 is 0 Å². The molecule has 3 saturated carbocycles. The highest BCUT2D eigenvalue weighted by Crippen LogP contribution is 2.54. The molecule has 4 atom stereocenters. The minimum Gasteiger partial charge on any atom is -0.299 e. The van der Waals surface area contributed by atoms with Gasteiger partial charge in [-0.3, -0.25) is 9.59 Å². The summed E-state index contributed by atoms with van der Waals surface area (Å²) in [4.78, 5) is 24.5. The molecule has 3 fully saturated rings. The van der Waals surface area contributed by atoms with E-state index >= 15 is 0 Å². The first-order valence-corrected chi connectivity index (χ1v) is 7.84. The fraction of sp³-hybridized carbons (Fsp3) is 0.875. The van der Waals surface area contributed by atoms with Gasteiger partial charge in [-0.15, -0.1) is 0 Å². The van der Waals surface area contributed by atoms with Crippen LogP contribution in [-0.4, -0.2) is 11.6 Å². The molecule has 0 aromatic heterocycles. The summed E-state index contributed by atoms with van der Waals surface area (Å²) in [5, 5.41) is 0. The molecular formula is C16H24O2. The van der Waals surface area contributed by atoms with Crippen LogP contribution in [0.2, 0.25) is 0 Å². The minimum atomic E-state index is 0.126. The Bertz CT molecular complexity index is 313. The van der Waals surface area contributed by atoms with Crippen LogP contribution >= 0.6 is 0 Å². The molecule has 3 aliphatic rings. The van der Waals surface area contributed by atoms with E-state index in [-0.39, 0.29) is 11.8 Å². The fourth-order valence-corrected chi connectivity index (χ4v) is 4.63. The van der Waals surface area contributed by atoms with Crippen LogP contribution in [0.3, 0.4) is 0 Å². The summed E-state index contributed by atoms with van der Waals surface area (Å²) < 4.78 is 0. The molecule has 3 rings (SSSR count). The standard InChI is InChI=1S/C16H24O2/c17-13-9-5-1-3-7-11-12-8-4-2-6-10-14(18)16(12)15(11)13/h11-12,15-16H,1-10H2/t11-,12-,15-,16-/m0/s1. The molecule has 0 unspecified atom stereocenters. The molecule has 0 aromatic carbocycles. The van der Waals surface area contributed by atoms with Crippen LogP contribution in [0.5, 0.6) is 0 Å². The summed E-state index contributed by atoms with van der Waals surface area (Å²) in [5.74, 6) is 2.20. The summed E-state index contributed by atoms with van der Waals surface area (Å²) in [5.41, 5.74) is 0. The third-order valence-corrected chi connectivity index (χ3v) is 5.52. The first-order chi connectivity index (χ1) is 8.79. The first-order valence-electron chi connectivity index (χ1n) is 7.84. The van der Waals surface area contributed by atoms with Gasteiger partial charge >= 0.3 is 0 Å². The van der Waals surface area contributed by atoms with Gasteiger partial charge in [-0.05, 0) is 37.5 Å². The molecule has 0 saturated heterocycles. The molecule has 2 heteroatoms. The summed E-state index contributed by atoms with van der Waals surface area (Å²) in [6, 6.07) is 0. The van der Waals surface area contributed by atoms with Gasteiger partial charge in [0.25, 0.3) is 0 Å². The van der Waals surface area contributed by atoms with Gasteiger partial charge in [0.2, 0.25) is 0 Å². The van der Waals surface area contributed by atoms with E-state index in [2.05, 4.69) is 0 Å². The molecular weight excluding hydrogens is 224 g/mol. The molecule has 2 nitrogen and oxygen atoms in total. The highest BCUT2D eigenvalue weighted by molar-refractivity contribution is 5.92. The van der Waals surface area contributed by atoms with Crippen molar-refractivity contribution in [3.63, 3.8) is 0 Å². The normalized spacial score (nSPS) is 41.6. The Labute approximate surface area is 110 Å². The molecule has 0 bridgehead atoms. The Hall–Kier alpha value is -0.660. The second-order valence-corrected chi connectivity index (χ2v) is 6.51. The quantitative estimate of drug-likeness (QED) is 0.657. The van der Waals surface area contributed by atoms with Crippen molar-refractivity contribution < 1.29 is 9.59 Å². The zero-order chi connectivity index (χ0) is 12.5. The Morgan fingerprint density at radius 1 is 0.611 bits per heavy atom. The third-order valence-electron chi connectivity index (χ3n) is 5.52. The van der Waals surface area contributed by atoms with Gasteiger partial charge in [0, 0.05) is 24.7 Å². The van der Waals surface area contributed by atoms with Crippen molar-refractivity contribution >= 4 is 11.6 Å². The Kier molecular flexibility index (Phi) is 3.54. The monoisotopic (exact) mass is 248 g/mol. The molecule has 100 valence electrons. The van der Waals surface area contributed by atoms with Crippen molar-refractivity contribution in [1.29, 1.82) is 0 Å². The lowest BCUT2D eigenvalue weighted by atomic mass is 9.50. The fourth-order valence-electron chi connectivity index (χ4n) is 4.63. The summed E-state index contributed by atoms with van der Waals surface area (Å²) in [6.45, 7) is 0. The maximum Gasteiger partial charge on any atom is 0.136 e. The van der Waals surface area contributed by atoms with Crippen LogP contribution in [0, 0.1) is 23.7 Å². The topological polar surface area (TPSA) is 34.1 Å². The average Bonchev–Trinajstić information content (AvgIpc) is 2.31. The maximum atomic E-state index is 12.3. The Balaban J connectivity index is 1.80. The van der Waals surface area contributed by atoms with Crippen molar-refractivity contribution in [2.75, 3.05) is 0 Å². The molecule has 18 heavy (non-hydrogen) atoms. The van der Waals surface area contributed by atoms with Gasteiger partial charge in [-0.25, -0.2) is 0 Å². The summed E-state index contributed by atoms with van der Waals surface area (Å²) in [7, 11) is 0. The molecule has 0 radical (unpaired) electrons. The summed E-state index contributed by atoms with van der Waals surface area (Å²) in [6.07, 6.45) is 10.9. The molecule has 0 aliphatic heterocycles. The van der Waals surface area contributed by atoms with Crippen molar-refractivity contribution in [3.8, 4) is 0 Å². The average molecular weight is 248 g/mol. The smallest absolute Gasteiger partial charge is 0.136 e. The minimum absolute atomic E-state index is 0.126. The van der Waals surface area contributed by atoms with Gasteiger partial charge in [-0.1, -0.05) is 25.7 Å². The number of ketones is 2. The molecule has 0 spiro atoms. The van der Waals surface area contributed by atoms with Gasteiger partial charge in [0.05, 0.1) is 0 Å². The number of hydrogen-bond donors (Lipinski definition) is 0. The predicted octanol–water partition coefficient (Wildman–Crippen LogP) is 3.53. The van der Waals surface area contributed by atoms with E-state index in [1.165, 1.54) is 38.5 Å². The van der Waals surface area contributed by atoms with E-state index < -0.39 is 0 Å². The zero-order valence-corrected chi connectivity index (χ0v) is 11.2. The van der Waals surface area contributed by atoms with Crippen molar-refractivity contribution in [3.05, 3.63) is 0 Å². The molecule has 3 aliphatic carbocycles. The number of carbonyl (C=O) groups is 2. The largest absolute Gasteiger partial charge is 0.299 e. The number of fused-ring (bicyclic) bond motifs is 4. The van der Waals surface area contributed by atoms with Crippen LogP contribution in [0.25, 0.3) is 0 Å². The van der Waals surface area contributed by atoms with Crippen LogP contribution in [0.4, 0.5) is 0 Å². The van der Waals surface area contributed by atoms with Gasteiger partial charge in [0.1, 0.15) is 11.6 Å². The lowest BCUT2D eigenvalue weighted by molar-refractivity contribution is -0.154. The van der Waals surface area contributed by atoms with Crippen molar-refractivity contribution in [1.82, 2.24) is 0 Å². The number of Topliss-reactive ketones (excluding diaryl/α,β-unsaturated/α-hetero) is 2. The van der Waals surface area contributed by atoms with Crippen LogP contribution in [0.15, 0.2) is 0 Å². The van der Waals surface area contributed by atoms with Gasteiger partial charge in [0.15, 0.2) is 0 Å². The predicted molar refractivity (Wildman–Crippen MR) is 70.1 cm³/mol. The lowest BCUT2D eigenvalue weighted by Gasteiger charge is -2.52. The number of carbonyl (C=O) groups excluding carboxylic acids is 2. The highest BCUT2D eigenvalue weighted by atomic mass is 16.1. The second-order valence-electron chi connectivity index (χ2n) is 6.51. The number of rotatable bonds is 0. The first kappa shape index (κ1) is 12.4. The third kappa shape index (κ3) is 2.04. The van der Waals surface area contributed by atoms with E-state index in [0.29, 0.717) is 23.4 Å². The van der Waals surface area contributed by atoms with E-state index in [1.807, 2.05) is 0 Å². The Morgan fingerprint density at radius 2 is 1.06 bits per heavy atom. The molecule has 0 aromatic rings. The lowest BCUT2D eigenvalue weighted by Crippen LogP contribution is -2.54. The second kappa shape index (κ2) is 5.14. The van der Waals surface area contributed by atoms with Crippen LogP contribution in [0.1, 0.15) is 64.2 Å². The van der Waals surface area contributed by atoms with Crippen molar-refractivity contribution in [2.45, 2.75) is 64.2 Å². The molecule has 0 heterocycles. The Morgan fingerprint density at radius 3 is 1.50 bits per heavy atom. The van der Waals surface area contributed by atoms with Gasteiger partial charge in [-0.2, -0.15) is 0 Å².